The van der Waals surface area contributed by atoms with E-state index in [4.69, 9.17) is 44.3 Å². The van der Waals surface area contributed by atoms with Gasteiger partial charge in [0.1, 0.15) is 6.61 Å². The highest BCUT2D eigenvalue weighted by Gasteiger charge is 2.08. The summed E-state index contributed by atoms with van der Waals surface area (Å²) < 4.78 is 10.8. The standard InChI is InChI=1S/C14H20Cl3NO2/c1-2-19-7-4-3-5-18-6-8-20-14-12(16)9-11(15)10-13(14)17/h9-10,18H,2-8H2,1H3. The maximum Gasteiger partial charge on any atom is 0.156 e. The van der Waals surface area contributed by atoms with Gasteiger partial charge in [0.15, 0.2) is 5.75 Å². The number of benzene rings is 1. The van der Waals surface area contributed by atoms with Crippen LogP contribution in [-0.4, -0.2) is 32.9 Å². The molecule has 1 aromatic carbocycles. The molecule has 1 rings (SSSR count). The summed E-state index contributed by atoms with van der Waals surface area (Å²) in [5, 5.41) is 4.65. The lowest BCUT2D eigenvalue weighted by Gasteiger charge is -2.11. The molecule has 6 heteroatoms. The van der Waals surface area contributed by atoms with Crippen molar-refractivity contribution in [3.8, 4) is 5.75 Å². The summed E-state index contributed by atoms with van der Waals surface area (Å²) in [7, 11) is 0. The molecule has 0 radical (unpaired) electrons. The van der Waals surface area contributed by atoms with E-state index in [0.717, 1.165) is 39.1 Å². The van der Waals surface area contributed by atoms with Gasteiger partial charge < -0.3 is 14.8 Å². The van der Waals surface area contributed by atoms with E-state index in [9.17, 15) is 0 Å². The molecule has 0 saturated heterocycles. The predicted octanol–water partition coefficient (Wildman–Crippen LogP) is 4.43. The monoisotopic (exact) mass is 339 g/mol. The Morgan fingerprint density at radius 1 is 1.00 bits per heavy atom. The molecule has 3 nitrogen and oxygen atoms in total. The molecular weight excluding hydrogens is 321 g/mol. The van der Waals surface area contributed by atoms with Crippen molar-refractivity contribution < 1.29 is 9.47 Å². The Balaban J connectivity index is 2.13. The van der Waals surface area contributed by atoms with Gasteiger partial charge in [0.25, 0.3) is 0 Å². The molecule has 0 bridgehead atoms. The van der Waals surface area contributed by atoms with Crippen LogP contribution >= 0.6 is 34.8 Å². The van der Waals surface area contributed by atoms with Crippen LogP contribution in [0.25, 0.3) is 0 Å². The molecule has 0 atom stereocenters. The summed E-state index contributed by atoms with van der Waals surface area (Å²) in [5.41, 5.74) is 0. The summed E-state index contributed by atoms with van der Waals surface area (Å²) in [6.45, 7) is 5.80. The fourth-order valence-electron chi connectivity index (χ4n) is 1.62. The molecule has 0 spiro atoms. The molecule has 0 heterocycles. The highest BCUT2D eigenvalue weighted by Crippen LogP contribution is 2.35. The maximum absolute atomic E-state index is 6.02. The smallest absolute Gasteiger partial charge is 0.156 e. The van der Waals surface area contributed by atoms with Crippen LogP contribution in [0.3, 0.4) is 0 Å². The average Bonchev–Trinajstić information content (AvgIpc) is 2.39. The Labute approximate surface area is 135 Å². The van der Waals surface area contributed by atoms with Gasteiger partial charge in [0.05, 0.1) is 10.0 Å². The summed E-state index contributed by atoms with van der Waals surface area (Å²) >= 11 is 17.9. The molecule has 0 aliphatic carbocycles. The van der Waals surface area contributed by atoms with Crippen molar-refractivity contribution in [3.05, 3.63) is 27.2 Å². The van der Waals surface area contributed by atoms with Gasteiger partial charge in [-0.25, -0.2) is 0 Å². The van der Waals surface area contributed by atoms with Gasteiger partial charge in [0.2, 0.25) is 0 Å². The first-order chi connectivity index (χ1) is 9.65. The van der Waals surface area contributed by atoms with Crippen molar-refractivity contribution in [1.82, 2.24) is 5.32 Å². The zero-order chi connectivity index (χ0) is 14.8. The highest BCUT2D eigenvalue weighted by atomic mass is 35.5. The second kappa shape index (κ2) is 10.5. The molecule has 1 aromatic rings. The Hall–Kier alpha value is -0.190. The zero-order valence-corrected chi connectivity index (χ0v) is 13.8. The van der Waals surface area contributed by atoms with E-state index in [1.807, 2.05) is 6.92 Å². The predicted molar refractivity (Wildman–Crippen MR) is 85.6 cm³/mol. The molecule has 0 amide bonds. The van der Waals surface area contributed by atoms with Crippen LogP contribution in [-0.2, 0) is 4.74 Å². The van der Waals surface area contributed by atoms with Gasteiger partial charge in [-0.3, -0.25) is 0 Å². The first kappa shape index (κ1) is 17.9. The van der Waals surface area contributed by atoms with Gasteiger partial charge in [0, 0.05) is 24.8 Å². The molecule has 114 valence electrons. The number of ether oxygens (including phenoxy) is 2. The Bertz CT molecular complexity index is 379. The Morgan fingerprint density at radius 2 is 1.70 bits per heavy atom. The second-order valence-corrected chi connectivity index (χ2v) is 5.45. The van der Waals surface area contributed by atoms with Gasteiger partial charge in [-0.05, 0) is 38.4 Å². The van der Waals surface area contributed by atoms with Crippen LogP contribution in [0.4, 0.5) is 0 Å². The van der Waals surface area contributed by atoms with Crippen LogP contribution in [0, 0.1) is 0 Å². The third-order valence-corrected chi connectivity index (χ3v) is 3.36. The van der Waals surface area contributed by atoms with E-state index in [1.54, 1.807) is 12.1 Å². The fourth-order valence-corrected chi connectivity index (χ4v) is 2.54. The second-order valence-electron chi connectivity index (χ2n) is 4.20. The normalized spacial score (nSPS) is 10.8. The van der Waals surface area contributed by atoms with E-state index < -0.39 is 0 Å². The lowest BCUT2D eigenvalue weighted by molar-refractivity contribution is 0.143. The molecule has 0 saturated carbocycles. The SMILES string of the molecule is CCOCCCCNCCOc1c(Cl)cc(Cl)cc1Cl. The Morgan fingerprint density at radius 3 is 2.35 bits per heavy atom. The first-order valence-electron chi connectivity index (χ1n) is 6.71. The van der Waals surface area contributed by atoms with Crippen LogP contribution in [0.2, 0.25) is 15.1 Å². The third kappa shape index (κ3) is 7.00. The van der Waals surface area contributed by atoms with Crippen LogP contribution < -0.4 is 10.1 Å². The average molecular weight is 341 g/mol. The number of rotatable bonds is 10. The van der Waals surface area contributed by atoms with E-state index in [0.29, 0.717) is 27.4 Å². The van der Waals surface area contributed by atoms with Crippen molar-refractivity contribution in [2.45, 2.75) is 19.8 Å². The van der Waals surface area contributed by atoms with Crippen molar-refractivity contribution in [3.63, 3.8) is 0 Å². The number of nitrogens with one attached hydrogen (secondary N) is 1. The van der Waals surface area contributed by atoms with Crippen LogP contribution in [0.15, 0.2) is 12.1 Å². The van der Waals surface area contributed by atoms with E-state index >= 15 is 0 Å². The maximum atomic E-state index is 6.02. The van der Waals surface area contributed by atoms with Gasteiger partial charge in [-0.2, -0.15) is 0 Å². The quantitative estimate of drug-likeness (QED) is 0.639. The highest BCUT2D eigenvalue weighted by molar-refractivity contribution is 6.40. The van der Waals surface area contributed by atoms with Crippen molar-refractivity contribution in [2.24, 2.45) is 0 Å². The molecule has 0 fully saturated rings. The van der Waals surface area contributed by atoms with Crippen LogP contribution in [0.1, 0.15) is 19.8 Å². The first-order valence-corrected chi connectivity index (χ1v) is 7.84. The lowest BCUT2D eigenvalue weighted by Crippen LogP contribution is -2.22. The molecule has 20 heavy (non-hydrogen) atoms. The minimum atomic E-state index is 0.430. The van der Waals surface area contributed by atoms with Gasteiger partial charge >= 0.3 is 0 Å². The number of unbranched alkanes of at least 4 members (excludes halogenated alkanes) is 1. The third-order valence-electron chi connectivity index (χ3n) is 2.58. The molecule has 0 aromatic heterocycles. The summed E-state index contributed by atoms with van der Waals surface area (Å²) in [6.07, 6.45) is 2.15. The molecule has 1 N–H and O–H groups in total. The number of hydrogen-bond acceptors (Lipinski definition) is 3. The van der Waals surface area contributed by atoms with E-state index in [2.05, 4.69) is 5.32 Å². The zero-order valence-electron chi connectivity index (χ0n) is 11.6. The van der Waals surface area contributed by atoms with Gasteiger partial charge in [-0.1, -0.05) is 34.8 Å². The number of halogens is 3. The number of hydrogen-bond donors (Lipinski definition) is 1. The van der Waals surface area contributed by atoms with E-state index in [-0.39, 0.29) is 0 Å². The van der Waals surface area contributed by atoms with Crippen molar-refractivity contribution in [2.75, 3.05) is 32.9 Å². The summed E-state index contributed by atoms with van der Waals surface area (Å²) in [5.74, 6) is 0.482. The lowest BCUT2D eigenvalue weighted by atomic mass is 10.3. The minimum absolute atomic E-state index is 0.430. The fraction of sp³-hybridized carbons (Fsp3) is 0.571. The van der Waals surface area contributed by atoms with Crippen molar-refractivity contribution in [1.29, 1.82) is 0 Å². The van der Waals surface area contributed by atoms with Gasteiger partial charge in [-0.15, -0.1) is 0 Å². The summed E-state index contributed by atoms with van der Waals surface area (Å²) in [4.78, 5) is 0. The Kier molecular flexibility index (Phi) is 9.40. The molecular formula is C14H20Cl3NO2. The van der Waals surface area contributed by atoms with Crippen LogP contribution in [0.5, 0.6) is 5.75 Å². The van der Waals surface area contributed by atoms with E-state index in [1.165, 1.54) is 0 Å². The topological polar surface area (TPSA) is 30.5 Å². The molecule has 0 aliphatic rings. The largest absolute Gasteiger partial charge is 0.489 e. The summed E-state index contributed by atoms with van der Waals surface area (Å²) in [6, 6.07) is 3.23. The van der Waals surface area contributed by atoms with Crippen molar-refractivity contribution >= 4 is 34.8 Å². The molecule has 0 aliphatic heterocycles. The minimum Gasteiger partial charge on any atom is -0.489 e. The molecule has 0 unspecified atom stereocenters.